The molecule has 0 N–H and O–H groups in total. The van der Waals surface area contributed by atoms with Gasteiger partial charge in [-0.15, -0.1) is 0 Å². The summed E-state index contributed by atoms with van der Waals surface area (Å²) in [5.74, 6) is -0.375. The standard InChI is InChI=1S/C26H19NO7/c1-16-6-12-22-21(14-16)24(29)26(25(33-22)18-8-10-20(32-2)11-9-18)34-23(28)13-7-17-4-3-5-19(15-17)27(30)31/h3-15H,1-2H3. The molecule has 34 heavy (non-hydrogen) atoms. The number of esters is 1. The Morgan fingerprint density at radius 3 is 2.53 bits per heavy atom. The van der Waals surface area contributed by atoms with Crippen molar-refractivity contribution >= 4 is 28.7 Å². The summed E-state index contributed by atoms with van der Waals surface area (Å²) in [5.41, 5.74) is 1.55. The Morgan fingerprint density at radius 1 is 1.06 bits per heavy atom. The number of aryl methyl sites for hydroxylation is 1. The first kappa shape index (κ1) is 22.5. The fourth-order valence-corrected chi connectivity index (χ4v) is 3.36. The number of carbonyl (C=O) groups is 1. The molecule has 0 aliphatic rings. The first-order valence-electron chi connectivity index (χ1n) is 10.2. The molecular formula is C26H19NO7. The molecule has 8 nitrogen and oxygen atoms in total. The van der Waals surface area contributed by atoms with Gasteiger partial charge >= 0.3 is 5.97 Å². The van der Waals surface area contributed by atoms with Gasteiger partial charge in [0, 0.05) is 23.8 Å². The molecule has 1 aromatic heterocycles. The highest BCUT2D eigenvalue weighted by Gasteiger charge is 2.20. The zero-order chi connectivity index (χ0) is 24.2. The fraction of sp³-hybridized carbons (Fsp3) is 0.0769. The van der Waals surface area contributed by atoms with E-state index in [2.05, 4.69) is 0 Å². The van der Waals surface area contributed by atoms with E-state index in [9.17, 15) is 19.7 Å². The summed E-state index contributed by atoms with van der Waals surface area (Å²) < 4.78 is 16.6. The maximum atomic E-state index is 13.3. The molecule has 0 unspecified atom stereocenters. The third kappa shape index (κ3) is 4.71. The number of nitro groups is 1. The van der Waals surface area contributed by atoms with E-state index in [4.69, 9.17) is 13.9 Å². The largest absolute Gasteiger partial charge is 0.497 e. The number of nitro benzene ring substituents is 1. The van der Waals surface area contributed by atoms with Crippen LogP contribution in [0, 0.1) is 17.0 Å². The van der Waals surface area contributed by atoms with Gasteiger partial charge < -0.3 is 13.9 Å². The number of nitrogens with zero attached hydrogens (tertiary/aromatic N) is 1. The second-order valence-electron chi connectivity index (χ2n) is 7.42. The smallest absolute Gasteiger partial charge is 0.336 e. The third-order valence-corrected chi connectivity index (χ3v) is 5.05. The van der Waals surface area contributed by atoms with Crippen LogP contribution in [0.1, 0.15) is 11.1 Å². The van der Waals surface area contributed by atoms with Crippen LogP contribution < -0.4 is 14.9 Å². The van der Waals surface area contributed by atoms with Gasteiger partial charge in [-0.05, 0) is 55.0 Å². The fourth-order valence-electron chi connectivity index (χ4n) is 3.36. The van der Waals surface area contributed by atoms with Gasteiger partial charge in [0.1, 0.15) is 11.3 Å². The molecule has 170 valence electrons. The van der Waals surface area contributed by atoms with E-state index in [-0.39, 0.29) is 22.6 Å². The Labute approximate surface area is 193 Å². The van der Waals surface area contributed by atoms with Gasteiger partial charge in [-0.25, -0.2) is 4.79 Å². The molecule has 0 amide bonds. The topological polar surface area (TPSA) is 109 Å². The van der Waals surface area contributed by atoms with Crippen LogP contribution in [0.25, 0.3) is 28.4 Å². The van der Waals surface area contributed by atoms with E-state index < -0.39 is 16.3 Å². The summed E-state index contributed by atoms with van der Waals surface area (Å²) in [6.45, 7) is 1.84. The van der Waals surface area contributed by atoms with Crippen molar-refractivity contribution < 1.29 is 23.6 Å². The van der Waals surface area contributed by atoms with Crippen LogP contribution >= 0.6 is 0 Å². The quantitative estimate of drug-likeness (QED) is 0.167. The number of non-ortho nitro benzene ring substituents is 1. The van der Waals surface area contributed by atoms with Gasteiger partial charge in [-0.1, -0.05) is 23.8 Å². The molecule has 0 aliphatic heterocycles. The number of fused-ring (bicyclic) bond motifs is 1. The third-order valence-electron chi connectivity index (χ3n) is 5.05. The van der Waals surface area contributed by atoms with Crippen molar-refractivity contribution in [2.75, 3.05) is 7.11 Å². The molecule has 3 aromatic carbocycles. The molecule has 0 saturated heterocycles. The van der Waals surface area contributed by atoms with Gasteiger partial charge in [0.15, 0.2) is 5.76 Å². The molecule has 0 bridgehead atoms. The minimum absolute atomic E-state index is 0.0982. The Bertz CT molecular complexity index is 1480. The van der Waals surface area contributed by atoms with E-state index in [0.717, 1.165) is 11.6 Å². The van der Waals surface area contributed by atoms with Gasteiger partial charge in [-0.3, -0.25) is 14.9 Å². The summed E-state index contributed by atoms with van der Waals surface area (Å²) in [6.07, 6.45) is 2.46. The minimum Gasteiger partial charge on any atom is -0.497 e. The van der Waals surface area contributed by atoms with Crippen molar-refractivity contribution in [3.05, 3.63) is 104 Å². The van der Waals surface area contributed by atoms with Crippen LogP contribution in [0.4, 0.5) is 5.69 Å². The second kappa shape index (κ2) is 9.41. The molecule has 1 heterocycles. The molecule has 0 spiro atoms. The molecule has 4 aromatic rings. The number of methoxy groups -OCH3 is 1. The van der Waals surface area contributed by atoms with Crippen LogP contribution in [0.15, 0.2) is 82.0 Å². The van der Waals surface area contributed by atoms with Gasteiger partial charge in [0.05, 0.1) is 17.4 Å². The molecule has 8 heteroatoms. The molecule has 0 radical (unpaired) electrons. The zero-order valence-corrected chi connectivity index (χ0v) is 18.3. The van der Waals surface area contributed by atoms with Crippen LogP contribution in [0.5, 0.6) is 11.5 Å². The van der Waals surface area contributed by atoms with Crippen LogP contribution in [0.2, 0.25) is 0 Å². The molecule has 0 fully saturated rings. The van der Waals surface area contributed by atoms with Crippen molar-refractivity contribution in [1.82, 2.24) is 0 Å². The van der Waals surface area contributed by atoms with Crippen molar-refractivity contribution in [1.29, 1.82) is 0 Å². The molecule has 0 saturated carbocycles. The van der Waals surface area contributed by atoms with E-state index in [1.165, 1.54) is 31.4 Å². The van der Waals surface area contributed by atoms with Crippen LogP contribution in [-0.4, -0.2) is 18.0 Å². The summed E-state index contributed by atoms with van der Waals surface area (Å²) in [6, 6.07) is 17.7. The lowest BCUT2D eigenvalue weighted by Gasteiger charge is -2.10. The van der Waals surface area contributed by atoms with Gasteiger partial charge in [0.2, 0.25) is 11.2 Å². The zero-order valence-electron chi connectivity index (χ0n) is 18.3. The van der Waals surface area contributed by atoms with Crippen molar-refractivity contribution in [2.24, 2.45) is 0 Å². The minimum atomic E-state index is -0.833. The summed E-state index contributed by atoms with van der Waals surface area (Å²) in [7, 11) is 1.54. The maximum Gasteiger partial charge on any atom is 0.336 e. The average Bonchev–Trinajstić information content (AvgIpc) is 2.85. The molecule has 4 rings (SSSR count). The SMILES string of the molecule is COc1ccc(-c2oc3ccc(C)cc3c(=O)c2OC(=O)C=Cc2cccc([N+](=O)[O-])c2)cc1. The first-order chi connectivity index (χ1) is 16.4. The number of benzene rings is 3. The normalized spacial score (nSPS) is 11.0. The Balaban J connectivity index is 1.74. The van der Waals surface area contributed by atoms with Crippen molar-refractivity contribution in [3.8, 4) is 22.8 Å². The van der Waals surface area contributed by atoms with Crippen molar-refractivity contribution in [3.63, 3.8) is 0 Å². The predicted octanol–water partition coefficient (Wildman–Crippen LogP) is 5.30. The second-order valence-corrected chi connectivity index (χ2v) is 7.42. The monoisotopic (exact) mass is 457 g/mol. The van der Waals surface area contributed by atoms with E-state index in [1.54, 1.807) is 42.5 Å². The van der Waals surface area contributed by atoms with Crippen LogP contribution in [-0.2, 0) is 4.79 Å². The molecule has 0 aliphatic carbocycles. The van der Waals surface area contributed by atoms with E-state index in [0.29, 0.717) is 22.5 Å². The highest BCUT2D eigenvalue weighted by molar-refractivity contribution is 5.91. The van der Waals surface area contributed by atoms with Gasteiger partial charge in [-0.2, -0.15) is 0 Å². The van der Waals surface area contributed by atoms with Crippen molar-refractivity contribution in [2.45, 2.75) is 6.92 Å². The average molecular weight is 457 g/mol. The lowest BCUT2D eigenvalue weighted by Crippen LogP contribution is -2.14. The number of hydrogen-bond acceptors (Lipinski definition) is 7. The van der Waals surface area contributed by atoms with Gasteiger partial charge in [0.25, 0.3) is 5.69 Å². The molecular weight excluding hydrogens is 438 g/mol. The van der Waals surface area contributed by atoms with E-state index >= 15 is 0 Å². The summed E-state index contributed by atoms with van der Waals surface area (Å²) in [5, 5.41) is 11.2. The highest BCUT2D eigenvalue weighted by Crippen LogP contribution is 2.32. The summed E-state index contributed by atoms with van der Waals surface area (Å²) >= 11 is 0. The maximum absolute atomic E-state index is 13.3. The number of rotatable bonds is 6. The van der Waals surface area contributed by atoms with E-state index in [1.807, 2.05) is 13.0 Å². The number of hydrogen-bond donors (Lipinski definition) is 0. The molecule has 0 atom stereocenters. The lowest BCUT2D eigenvalue weighted by atomic mass is 10.1. The Hall–Kier alpha value is -4.72. The Kier molecular flexibility index (Phi) is 6.22. The Morgan fingerprint density at radius 2 is 1.82 bits per heavy atom. The summed E-state index contributed by atoms with van der Waals surface area (Å²) in [4.78, 5) is 36.3. The predicted molar refractivity (Wildman–Crippen MR) is 127 cm³/mol. The lowest BCUT2D eigenvalue weighted by molar-refractivity contribution is -0.384. The number of ether oxygens (including phenoxy) is 2. The first-order valence-corrected chi connectivity index (χ1v) is 10.2. The highest BCUT2D eigenvalue weighted by atomic mass is 16.6. The van der Waals surface area contributed by atoms with Crippen LogP contribution in [0.3, 0.4) is 0 Å². The number of carbonyl (C=O) groups excluding carboxylic acids is 1.